The largest absolute Gasteiger partial charge is 0.396 e. The van der Waals surface area contributed by atoms with Crippen molar-refractivity contribution >= 4 is 0 Å². The van der Waals surface area contributed by atoms with Crippen LogP contribution in [0.1, 0.15) is 40.0 Å². The topological polar surface area (TPSA) is 41.5 Å². The van der Waals surface area contributed by atoms with Gasteiger partial charge >= 0.3 is 0 Å². The van der Waals surface area contributed by atoms with Crippen LogP contribution in [0, 0.1) is 5.92 Å². The van der Waals surface area contributed by atoms with Gasteiger partial charge in [0, 0.05) is 19.3 Å². The first-order chi connectivity index (χ1) is 7.24. The minimum Gasteiger partial charge on any atom is -0.396 e. The Morgan fingerprint density at radius 2 is 1.93 bits per heavy atom. The molecule has 92 valence electrons. The van der Waals surface area contributed by atoms with Gasteiger partial charge in [-0.05, 0) is 25.3 Å². The molecule has 0 aliphatic heterocycles. The number of aliphatic hydroxyl groups excluding tert-OH is 1. The number of aliphatic hydroxyl groups is 1. The molecule has 0 aromatic carbocycles. The highest BCUT2D eigenvalue weighted by Crippen LogP contribution is 2.05. The van der Waals surface area contributed by atoms with Crippen molar-refractivity contribution in [2.24, 2.45) is 5.92 Å². The van der Waals surface area contributed by atoms with Crippen LogP contribution in [0.5, 0.6) is 0 Å². The summed E-state index contributed by atoms with van der Waals surface area (Å²) in [5.74, 6) is 0.645. The molecule has 0 radical (unpaired) electrons. The molecule has 2 N–H and O–H groups in total. The Morgan fingerprint density at radius 1 is 1.20 bits per heavy atom. The van der Waals surface area contributed by atoms with Gasteiger partial charge in [0.25, 0.3) is 0 Å². The quantitative estimate of drug-likeness (QED) is 0.586. The third-order valence-corrected chi connectivity index (χ3v) is 2.47. The van der Waals surface area contributed by atoms with Crippen molar-refractivity contribution in [2.75, 3.05) is 26.4 Å². The molecule has 0 heterocycles. The van der Waals surface area contributed by atoms with E-state index >= 15 is 0 Å². The standard InChI is InChI=1S/C12H27NO2/c1-4-6-11(3)9-15-10-12(7-8-14)13-5-2/h11-14H,4-10H2,1-3H3. The molecule has 0 aliphatic rings. The summed E-state index contributed by atoms with van der Waals surface area (Å²) in [4.78, 5) is 0. The summed E-state index contributed by atoms with van der Waals surface area (Å²) in [6.45, 7) is 9.19. The molecule has 15 heavy (non-hydrogen) atoms. The van der Waals surface area contributed by atoms with Crippen LogP contribution < -0.4 is 5.32 Å². The Labute approximate surface area is 94.2 Å². The lowest BCUT2D eigenvalue weighted by Gasteiger charge is -2.18. The Bertz CT molecular complexity index is 125. The molecule has 3 heteroatoms. The van der Waals surface area contributed by atoms with Crippen LogP contribution in [-0.4, -0.2) is 37.5 Å². The Kier molecular flexibility index (Phi) is 10.3. The number of likely N-dealkylation sites (N-methyl/N-ethyl adjacent to an activating group) is 1. The highest BCUT2D eigenvalue weighted by atomic mass is 16.5. The first-order valence-corrected chi connectivity index (χ1v) is 6.16. The van der Waals surface area contributed by atoms with E-state index in [1.165, 1.54) is 12.8 Å². The van der Waals surface area contributed by atoms with Crippen LogP contribution in [-0.2, 0) is 4.74 Å². The van der Waals surface area contributed by atoms with Crippen molar-refractivity contribution < 1.29 is 9.84 Å². The molecule has 0 saturated carbocycles. The van der Waals surface area contributed by atoms with E-state index in [1.54, 1.807) is 0 Å². The molecule has 2 unspecified atom stereocenters. The summed E-state index contributed by atoms with van der Waals surface area (Å²) in [6, 6.07) is 0.300. The maximum atomic E-state index is 8.86. The molecule has 0 fully saturated rings. The molecule has 0 amide bonds. The first kappa shape index (κ1) is 14.9. The second-order valence-corrected chi connectivity index (χ2v) is 4.20. The minimum absolute atomic E-state index is 0.228. The van der Waals surface area contributed by atoms with Crippen molar-refractivity contribution in [1.29, 1.82) is 0 Å². The zero-order valence-corrected chi connectivity index (χ0v) is 10.5. The number of nitrogens with one attached hydrogen (secondary N) is 1. The average molecular weight is 217 g/mol. The van der Waals surface area contributed by atoms with Gasteiger partial charge in [0.05, 0.1) is 6.61 Å². The van der Waals surface area contributed by atoms with E-state index in [4.69, 9.17) is 9.84 Å². The van der Waals surface area contributed by atoms with Crippen molar-refractivity contribution in [3.05, 3.63) is 0 Å². The van der Waals surface area contributed by atoms with Crippen LogP contribution in [0.3, 0.4) is 0 Å². The van der Waals surface area contributed by atoms with Gasteiger partial charge in [0.2, 0.25) is 0 Å². The van der Waals surface area contributed by atoms with Gasteiger partial charge in [-0.2, -0.15) is 0 Å². The van der Waals surface area contributed by atoms with Crippen molar-refractivity contribution in [2.45, 2.75) is 46.1 Å². The van der Waals surface area contributed by atoms with Gasteiger partial charge in [-0.15, -0.1) is 0 Å². The monoisotopic (exact) mass is 217 g/mol. The van der Waals surface area contributed by atoms with E-state index < -0.39 is 0 Å². The molecule has 3 nitrogen and oxygen atoms in total. The molecule has 0 aliphatic carbocycles. The van der Waals surface area contributed by atoms with E-state index in [9.17, 15) is 0 Å². The summed E-state index contributed by atoms with van der Waals surface area (Å²) >= 11 is 0. The second kappa shape index (κ2) is 10.4. The number of rotatable bonds is 10. The predicted molar refractivity (Wildman–Crippen MR) is 64.1 cm³/mol. The third-order valence-electron chi connectivity index (χ3n) is 2.47. The molecular weight excluding hydrogens is 190 g/mol. The zero-order valence-electron chi connectivity index (χ0n) is 10.5. The first-order valence-electron chi connectivity index (χ1n) is 6.16. The Morgan fingerprint density at radius 3 is 2.47 bits per heavy atom. The molecule has 0 aromatic rings. The highest BCUT2D eigenvalue weighted by molar-refractivity contribution is 4.64. The van der Waals surface area contributed by atoms with Crippen molar-refractivity contribution in [1.82, 2.24) is 5.32 Å². The van der Waals surface area contributed by atoms with Crippen LogP contribution in [0.15, 0.2) is 0 Å². The second-order valence-electron chi connectivity index (χ2n) is 4.20. The van der Waals surface area contributed by atoms with Crippen LogP contribution in [0.4, 0.5) is 0 Å². The molecule has 0 rings (SSSR count). The van der Waals surface area contributed by atoms with Gasteiger partial charge in [0.15, 0.2) is 0 Å². The fourth-order valence-electron chi connectivity index (χ4n) is 1.68. The summed E-state index contributed by atoms with van der Waals surface area (Å²) in [6.07, 6.45) is 3.22. The zero-order chi connectivity index (χ0) is 11.5. The van der Waals surface area contributed by atoms with Gasteiger partial charge in [0.1, 0.15) is 0 Å². The average Bonchev–Trinajstić information content (AvgIpc) is 2.19. The van der Waals surface area contributed by atoms with Gasteiger partial charge in [-0.25, -0.2) is 0 Å². The Hall–Kier alpha value is -0.120. The van der Waals surface area contributed by atoms with Crippen molar-refractivity contribution in [3.63, 3.8) is 0 Å². The molecule has 0 aromatic heterocycles. The van der Waals surface area contributed by atoms with E-state index in [0.29, 0.717) is 18.6 Å². The number of hydrogen-bond acceptors (Lipinski definition) is 3. The molecule has 2 atom stereocenters. The summed E-state index contributed by atoms with van der Waals surface area (Å²) in [5, 5.41) is 12.2. The van der Waals surface area contributed by atoms with E-state index in [2.05, 4.69) is 26.1 Å². The van der Waals surface area contributed by atoms with E-state index in [1.807, 2.05) is 0 Å². The fraction of sp³-hybridized carbons (Fsp3) is 1.00. The van der Waals surface area contributed by atoms with Crippen LogP contribution in [0.25, 0.3) is 0 Å². The Balaban J connectivity index is 3.51. The summed E-state index contributed by atoms with van der Waals surface area (Å²) < 4.78 is 5.64. The van der Waals surface area contributed by atoms with E-state index in [-0.39, 0.29) is 6.61 Å². The maximum absolute atomic E-state index is 8.86. The lowest BCUT2D eigenvalue weighted by atomic mass is 10.1. The number of ether oxygens (including phenoxy) is 1. The molecule has 0 spiro atoms. The number of hydrogen-bond donors (Lipinski definition) is 2. The molecule has 0 bridgehead atoms. The van der Waals surface area contributed by atoms with Gasteiger partial charge < -0.3 is 15.2 Å². The lowest BCUT2D eigenvalue weighted by molar-refractivity contribution is 0.0770. The molecular formula is C12H27NO2. The molecule has 0 saturated heterocycles. The van der Waals surface area contributed by atoms with Gasteiger partial charge in [-0.1, -0.05) is 27.2 Å². The normalized spacial score (nSPS) is 15.2. The SMILES string of the molecule is CCCC(C)COCC(CCO)NCC. The fourth-order valence-corrected chi connectivity index (χ4v) is 1.68. The predicted octanol–water partition coefficient (Wildman–Crippen LogP) is 1.80. The van der Waals surface area contributed by atoms with Gasteiger partial charge in [-0.3, -0.25) is 0 Å². The highest BCUT2D eigenvalue weighted by Gasteiger charge is 2.07. The van der Waals surface area contributed by atoms with Crippen molar-refractivity contribution in [3.8, 4) is 0 Å². The summed E-state index contributed by atoms with van der Waals surface area (Å²) in [7, 11) is 0. The van der Waals surface area contributed by atoms with Crippen LogP contribution in [0.2, 0.25) is 0 Å². The smallest absolute Gasteiger partial charge is 0.0620 e. The van der Waals surface area contributed by atoms with E-state index in [0.717, 1.165) is 19.6 Å². The summed E-state index contributed by atoms with van der Waals surface area (Å²) in [5.41, 5.74) is 0. The minimum atomic E-state index is 0.228. The van der Waals surface area contributed by atoms with Crippen LogP contribution >= 0.6 is 0 Å². The third kappa shape index (κ3) is 8.85. The maximum Gasteiger partial charge on any atom is 0.0620 e. The lowest BCUT2D eigenvalue weighted by Crippen LogP contribution is -2.34.